The van der Waals surface area contributed by atoms with Crippen LogP contribution in [0.5, 0.6) is 0 Å². The largest absolute Gasteiger partial charge is 0.342 e. The number of nitrogens with zero attached hydrogens (tertiary/aromatic N) is 3. The third-order valence-corrected chi connectivity index (χ3v) is 5.30. The summed E-state index contributed by atoms with van der Waals surface area (Å²) in [5, 5.41) is 12.3. The van der Waals surface area contributed by atoms with Crippen LogP contribution in [-0.2, 0) is 11.8 Å². The lowest BCUT2D eigenvalue weighted by Gasteiger charge is -2.09. The number of hydrogen-bond donors (Lipinski definition) is 2. The number of pyridine rings is 1. The maximum Gasteiger partial charge on any atom is 0.228 e. The number of H-pyrrole nitrogens is 1. The number of aryl methyl sites for hydroxylation is 2. The zero-order valence-corrected chi connectivity index (χ0v) is 14.7. The van der Waals surface area contributed by atoms with E-state index in [4.69, 9.17) is 0 Å². The van der Waals surface area contributed by atoms with Crippen molar-refractivity contribution in [2.45, 2.75) is 19.8 Å². The number of nitrogens with one attached hydrogen (secondary N) is 2. The number of hydrogen-bond acceptors (Lipinski definition) is 3. The summed E-state index contributed by atoms with van der Waals surface area (Å²) in [6, 6.07) is 8.28. The lowest BCUT2D eigenvalue weighted by molar-refractivity contribution is -0.117. The van der Waals surface area contributed by atoms with Gasteiger partial charge in [-0.1, -0.05) is 6.07 Å². The molecule has 3 aromatic heterocycles. The van der Waals surface area contributed by atoms with Gasteiger partial charge in [0.25, 0.3) is 0 Å². The SMILES string of the molecule is Cc1c(-c2cc3cc(NC(=O)C4CC4)ncc3n2C)ccc2[nH]ncc12. The predicted octanol–water partition coefficient (Wildman–Crippen LogP) is 3.77. The highest BCUT2D eigenvalue weighted by molar-refractivity contribution is 5.97. The quantitative estimate of drug-likeness (QED) is 0.593. The zero-order chi connectivity index (χ0) is 17.8. The van der Waals surface area contributed by atoms with Crippen molar-refractivity contribution in [2.24, 2.45) is 13.0 Å². The molecule has 0 radical (unpaired) electrons. The fourth-order valence-electron chi connectivity index (χ4n) is 3.57. The molecule has 3 heterocycles. The van der Waals surface area contributed by atoms with Gasteiger partial charge in [-0.3, -0.25) is 9.89 Å². The third kappa shape index (κ3) is 2.29. The highest BCUT2D eigenvalue weighted by Gasteiger charge is 2.29. The summed E-state index contributed by atoms with van der Waals surface area (Å²) < 4.78 is 2.14. The lowest BCUT2D eigenvalue weighted by atomic mass is 10.0. The Morgan fingerprint density at radius 3 is 2.92 bits per heavy atom. The molecule has 1 aromatic carbocycles. The van der Waals surface area contributed by atoms with Gasteiger partial charge in [-0.05, 0) is 43.5 Å². The molecule has 0 atom stereocenters. The van der Waals surface area contributed by atoms with Crippen molar-refractivity contribution in [3.8, 4) is 11.3 Å². The van der Waals surface area contributed by atoms with E-state index in [-0.39, 0.29) is 11.8 Å². The minimum absolute atomic E-state index is 0.0780. The van der Waals surface area contributed by atoms with Gasteiger partial charge >= 0.3 is 0 Å². The molecule has 4 aromatic rings. The summed E-state index contributed by atoms with van der Waals surface area (Å²) >= 11 is 0. The molecule has 6 heteroatoms. The van der Waals surface area contributed by atoms with Gasteiger partial charge in [-0.25, -0.2) is 4.98 Å². The van der Waals surface area contributed by atoms with Crippen molar-refractivity contribution in [1.29, 1.82) is 0 Å². The van der Waals surface area contributed by atoms with Crippen molar-refractivity contribution >= 4 is 33.5 Å². The summed E-state index contributed by atoms with van der Waals surface area (Å²) in [4.78, 5) is 16.4. The Bertz CT molecular complexity index is 1170. The first-order valence-corrected chi connectivity index (χ1v) is 8.81. The van der Waals surface area contributed by atoms with E-state index >= 15 is 0 Å². The van der Waals surface area contributed by atoms with Crippen LogP contribution < -0.4 is 5.32 Å². The Morgan fingerprint density at radius 2 is 2.12 bits per heavy atom. The molecule has 26 heavy (non-hydrogen) atoms. The number of carbonyl (C=O) groups is 1. The van der Waals surface area contributed by atoms with Gasteiger partial charge in [-0.2, -0.15) is 5.10 Å². The number of fused-ring (bicyclic) bond motifs is 2. The molecule has 0 bridgehead atoms. The Balaban J connectivity index is 1.59. The fourth-order valence-corrected chi connectivity index (χ4v) is 3.57. The third-order valence-electron chi connectivity index (χ3n) is 5.30. The van der Waals surface area contributed by atoms with Gasteiger partial charge in [0, 0.05) is 35.0 Å². The lowest BCUT2D eigenvalue weighted by Crippen LogP contribution is -2.14. The molecule has 0 unspecified atom stereocenters. The molecule has 130 valence electrons. The van der Waals surface area contributed by atoms with Crippen molar-refractivity contribution in [2.75, 3.05) is 5.32 Å². The number of aromatic amines is 1. The first-order valence-electron chi connectivity index (χ1n) is 8.81. The maximum absolute atomic E-state index is 12.0. The van der Waals surface area contributed by atoms with E-state index in [2.05, 4.69) is 50.2 Å². The summed E-state index contributed by atoms with van der Waals surface area (Å²) in [7, 11) is 2.04. The van der Waals surface area contributed by atoms with E-state index in [1.807, 2.05) is 25.5 Å². The number of amides is 1. The second kappa shape index (κ2) is 5.42. The Hall–Kier alpha value is -3.15. The van der Waals surface area contributed by atoms with Crippen LogP contribution >= 0.6 is 0 Å². The standard InChI is InChI=1S/C20H19N5O/c1-11-14(5-6-16-15(11)9-22-24-16)17-7-13-8-19(21-10-18(13)25(17)2)23-20(26)12-3-4-12/h5-10,12H,3-4H2,1-2H3,(H,22,24)(H,21,23,26). The van der Waals surface area contributed by atoms with Crippen molar-refractivity contribution in [3.05, 3.63) is 42.2 Å². The minimum Gasteiger partial charge on any atom is -0.342 e. The highest BCUT2D eigenvalue weighted by atomic mass is 16.2. The summed E-state index contributed by atoms with van der Waals surface area (Å²) in [5.74, 6) is 0.867. The number of carbonyl (C=O) groups excluding carboxylic acids is 1. The van der Waals surface area contributed by atoms with E-state index in [9.17, 15) is 4.79 Å². The van der Waals surface area contributed by atoms with E-state index in [0.717, 1.165) is 40.3 Å². The summed E-state index contributed by atoms with van der Waals surface area (Å²) in [5.41, 5.74) is 5.56. The van der Waals surface area contributed by atoms with Crippen molar-refractivity contribution in [3.63, 3.8) is 0 Å². The number of anilines is 1. The second-order valence-electron chi connectivity index (χ2n) is 7.05. The van der Waals surface area contributed by atoms with Crippen molar-refractivity contribution in [1.82, 2.24) is 19.7 Å². The van der Waals surface area contributed by atoms with Gasteiger partial charge in [0.05, 0.1) is 23.4 Å². The zero-order valence-electron chi connectivity index (χ0n) is 14.7. The van der Waals surface area contributed by atoms with Crippen LogP contribution in [0.15, 0.2) is 36.7 Å². The topological polar surface area (TPSA) is 75.6 Å². The van der Waals surface area contributed by atoms with Gasteiger partial charge in [0.1, 0.15) is 5.82 Å². The second-order valence-corrected chi connectivity index (χ2v) is 7.05. The molecule has 1 fully saturated rings. The molecule has 5 rings (SSSR count). The molecule has 0 spiro atoms. The van der Waals surface area contributed by atoms with Crippen LogP contribution in [-0.4, -0.2) is 25.7 Å². The molecule has 6 nitrogen and oxygen atoms in total. The molecule has 1 saturated carbocycles. The van der Waals surface area contributed by atoms with E-state index in [1.165, 1.54) is 11.1 Å². The van der Waals surface area contributed by atoms with Gasteiger partial charge in [0.15, 0.2) is 0 Å². The van der Waals surface area contributed by atoms with Gasteiger partial charge < -0.3 is 9.88 Å². The highest BCUT2D eigenvalue weighted by Crippen LogP contribution is 2.34. The fraction of sp³-hybridized carbons (Fsp3) is 0.250. The Labute approximate surface area is 150 Å². The number of aromatic nitrogens is 4. The normalized spacial score (nSPS) is 14.2. The van der Waals surface area contributed by atoms with Crippen LogP contribution in [0.4, 0.5) is 5.82 Å². The molecule has 1 aliphatic carbocycles. The first-order chi connectivity index (χ1) is 12.6. The molecule has 0 saturated heterocycles. The van der Waals surface area contributed by atoms with Gasteiger partial charge in [0.2, 0.25) is 5.91 Å². The predicted molar refractivity (Wildman–Crippen MR) is 102 cm³/mol. The van der Waals surface area contributed by atoms with E-state index in [0.29, 0.717) is 5.82 Å². The van der Waals surface area contributed by atoms with Gasteiger partial charge in [-0.15, -0.1) is 0 Å². The van der Waals surface area contributed by atoms with Crippen LogP contribution in [0.1, 0.15) is 18.4 Å². The summed E-state index contributed by atoms with van der Waals surface area (Å²) in [6.07, 6.45) is 5.66. The average molecular weight is 345 g/mol. The minimum atomic E-state index is 0.0780. The monoisotopic (exact) mass is 345 g/mol. The smallest absolute Gasteiger partial charge is 0.228 e. The molecular weight excluding hydrogens is 326 g/mol. The summed E-state index contributed by atoms with van der Waals surface area (Å²) in [6.45, 7) is 2.12. The Morgan fingerprint density at radius 1 is 1.27 bits per heavy atom. The number of rotatable bonds is 3. The Kier molecular flexibility index (Phi) is 3.16. The number of benzene rings is 1. The van der Waals surface area contributed by atoms with Crippen molar-refractivity contribution < 1.29 is 4.79 Å². The van der Waals surface area contributed by atoms with Crippen LogP contribution in [0.3, 0.4) is 0 Å². The first kappa shape index (κ1) is 15.1. The van der Waals surface area contributed by atoms with Crippen LogP contribution in [0.2, 0.25) is 0 Å². The van der Waals surface area contributed by atoms with E-state index < -0.39 is 0 Å². The average Bonchev–Trinajstić information content (AvgIpc) is 3.29. The molecule has 2 N–H and O–H groups in total. The molecular formula is C20H19N5O. The molecule has 0 aliphatic heterocycles. The van der Waals surface area contributed by atoms with E-state index in [1.54, 1.807) is 0 Å². The van der Waals surface area contributed by atoms with Crippen LogP contribution in [0.25, 0.3) is 33.1 Å². The maximum atomic E-state index is 12.0. The molecule has 1 amide bonds. The van der Waals surface area contributed by atoms with Crippen LogP contribution in [0, 0.1) is 12.8 Å². The molecule has 1 aliphatic rings.